The molecule has 0 fully saturated rings. The van der Waals surface area contributed by atoms with Crippen LogP contribution < -0.4 is 0 Å². The first-order valence-electron chi connectivity index (χ1n) is 2.59. The number of hydrogen-bond donors (Lipinski definition) is 1. The number of rotatable bonds is 1. The van der Waals surface area contributed by atoms with Crippen molar-refractivity contribution in [2.24, 2.45) is 0 Å². The van der Waals surface area contributed by atoms with Gasteiger partial charge in [0.05, 0.1) is 9.49 Å². The molecule has 1 aromatic heterocycles. The minimum atomic E-state index is 0.180. The summed E-state index contributed by atoms with van der Waals surface area (Å²) in [6, 6.07) is 2.08. The molecular weight excluding hydrogens is 247 g/mol. The topological polar surface area (TPSA) is 20.2 Å². The van der Waals surface area contributed by atoms with Crippen LogP contribution in [0.2, 0.25) is 0 Å². The van der Waals surface area contributed by atoms with Crippen LogP contribution >= 0.6 is 33.9 Å². The standard InChI is InChI=1S/C6H7IOS/c1-4-2-6(7)9-5(4)3-8/h2,8H,3H2,1H3. The molecule has 1 nitrogen and oxygen atoms in total. The van der Waals surface area contributed by atoms with Crippen LogP contribution in [0.5, 0.6) is 0 Å². The molecule has 3 heteroatoms. The fourth-order valence-electron chi connectivity index (χ4n) is 0.635. The molecule has 0 bridgehead atoms. The van der Waals surface area contributed by atoms with Gasteiger partial charge in [0.1, 0.15) is 0 Å². The summed E-state index contributed by atoms with van der Waals surface area (Å²) < 4.78 is 1.24. The summed E-state index contributed by atoms with van der Waals surface area (Å²) in [5, 5.41) is 8.74. The molecule has 1 N–H and O–H groups in total. The molecule has 0 saturated carbocycles. The van der Waals surface area contributed by atoms with Crippen LogP contribution in [0.3, 0.4) is 0 Å². The maximum Gasteiger partial charge on any atom is 0.0777 e. The monoisotopic (exact) mass is 254 g/mol. The van der Waals surface area contributed by atoms with Gasteiger partial charge >= 0.3 is 0 Å². The van der Waals surface area contributed by atoms with Crippen LogP contribution in [0.25, 0.3) is 0 Å². The third-order valence-corrected chi connectivity index (χ3v) is 3.12. The van der Waals surface area contributed by atoms with Gasteiger partial charge in [-0.15, -0.1) is 11.3 Å². The molecule has 1 heterocycles. The number of hydrogen-bond acceptors (Lipinski definition) is 2. The van der Waals surface area contributed by atoms with Crippen molar-refractivity contribution in [3.63, 3.8) is 0 Å². The quantitative estimate of drug-likeness (QED) is 0.761. The van der Waals surface area contributed by atoms with Gasteiger partial charge in [-0.2, -0.15) is 0 Å². The summed E-state index contributed by atoms with van der Waals surface area (Å²) in [6.45, 7) is 2.20. The molecule has 0 unspecified atom stereocenters. The lowest BCUT2D eigenvalue weighted by Crippen LogP contribution is -1.76. The van der Waals surface area contributed by atoms with Gasteiger partial charge in [-0.1, -0.05) is 0 Å². The Balaban J connectivity index is 3.01. The van der Waals surface area contributed by atoms with Gasteiger partial charge in [0, 0.05) is 4.88 Å². The van der Waals surface area contributed by atoms with Crippen LogP contribution in [0.4, 0.5) is 0 Å². The highest BCUT2D eigenvalue weighted by atomic mass is 127. The second-order valence-electron chi connectivity index (χ2n) is 1.81. The summed E-state index contributed by atoms with van der Waals surface area (Å²) in [4.78, 5) is 1.08. The van der Waals surface area contributed by atoms with Gasteiger partial charge in [-0.25, -0.2) is 0 Å². The van der Waals surface area contributed by atoms with Crippen LogP contribution in [0, 0.1) is 9.81 Å². The molecule has 0 radical (unpaired) electrons. The van der Waals surface area contributed by atoms with Gasteiger partial charge in [-0.05, 0) is 41.1 Å². The normalized spacial score (nSPS) is 10.1. The lowest BCUT2D eigenvalue weighted by atomic mass is 10.3. The molecule has 0 aliphatic heterocycles. The van der Waals surface area contributed by atoms with E-state index in [4.69, 9.17) is 5.11 Å². The Hall–Kier alpha value is 0.390. The number of thiophene rings is 1. The van der Waals surface area contributed by atoms with E-state index in [0.717, 1.165) is 4.88 Å². The van der Waals surface area contributed by atoms with E-state index >= 15 is 0 Å². The lowest BCUT2D eigenvalue weighted by Gasteiger charge is -1.87. The van der Waals surface area contributed by atoms with Crippen LogP contribution in [-0.2, 0) is 6.61 Å². The zero-order valence-electron chi connectivity index (χ0n) is 5.02. The summed E-state index contributed by atoms with van der Waals surface area (Å²) in [5.41, 5.74) is 1.20. The first kappa shape index (κ1) is 7.50. The van der Waals surface area contributed by atoms with E-state index in [2.05, 4.69) is 28.7 Å². The van der Waals surface area contributed by atoms with E-state index in [0.29, 0.717) is 0 Å². The van der Waals surface area contributed by atoms with E-state index in [-0.39, 0.29) is 6.61 Å². The third kappa shape index (κ3) is 1.65. The van der Waals surface area contributed by atoms with Crippen LogP contribution in [0.15, 0.2) is 6.07 Å². The molecule has 0 spiro atoms. The Labute approximate surface area is 71.9 Å². The van der Waals surface area contributed by atoms with Crippen molar-refractivity contribution in [2.75, 3.05) is 0 Å². The van der Waals surface area contributed by atoms with E-state index in [1.807, 2.05) is 6.92 Å². The van der Waals surface area contributed by atoms with Crippen molar-refractivity contribution >= 4 is 33.9 Å². The van der Waals surface area contributed by atoms with Gasteiger partial charge in [0.25, 0.3) is 0 Å². The fourth-order valence-corrected chi connectivity index (χ4v) is 2.66. The Bertz CT molecular complexity index is 207. The number of halogens is 1. The third-order valence-electron chi connectivity index (χ3n) is 1.13. The molecule has 0 aromatic carbocycles. The molecule has 0 aliphatic rings. The van der Waals surface area contributed by atoms with E-state index in [1.54, 1.807) is 11.3 Å². The number of aryl methyl sites for hydroxylation is 1. The zero-order valence-corrected chi connectivity index (χ0v) is 7.99. The molecule has 0 saturated heterocycles. The van der Waals surface area contributed by atoms with Crippen LogP contribution in [-0.4, -0.2) is 5.11 Å². The Morgan fingerprint density at radius 1 is 1.78 bits per heavy atom. The van der Waals surface area contributed by atoms with Crippen molar-refractivity contribution in [3.05, 3.63) is 19.4 Å². The predicted molar refractivity (Wildman–Crippen MR) is 47.7 cm³/mol. The summed E-state index contributed by atoms with van der Waals surface area (Å²) in [7, 11) is 0. The maximum absolute atomic E-state index is 8.74. The predicted octanol–water partition coefficient (Wildman–Crippen LogP) is 2.15. The van der Waals surface area contributed by atoms with E-state index in [1.165, 1.54) is 8.45 Å². The SMILES string of the molecule is Cc1cc(I)sc1CO. The van der Waals surface area contributed by atoms with E-state index in [9.17, 15) is 0 Å². The molecule has 0 atom stereocenters. The molecular formula is C6H7IOS. The molecule has 0 aliphatic carbocycles. The highest BCUT2D eigenvalue weighted by molar-refractivity contribution is 14.1. The van der Waals surface area contributed by atoms with Crippen LogP contribution in [0.1, 0.15) is 10.4 Å². The fraction of sp³-hybridized carbons (Fsp3) is 0.333. The highest BCUT2D eigenvalue weighted by Crippen LogP contribution is 2.22. The molecule has 1 rings (SSSR count). The molecule has 50 valence electrons. The molecule has 1 aromatic rings. The van der Waals surface area contributed by atoms with Crippen molar-refractivity contribution < 1.29 is 5.11 Å². The molecule has 9 heavy (non-hydrogen) atoms. The van der Waals surface area contributed by atoms with Crippen molar-refractivity contribution in [1.29, 1.82) is 0 Å². The molecule has 0 amide bonds. The first-order valence-corrected chi connectivity index (χ1v) is 4.49. The Morgan fingerprint density at radius 3 is 2.67 bits per heavy atom. The van der Waals surface area contributed by atoms with Gasteiger partial charge in [0.15, 0.2) is 0 Å². The summed E-state index contributed by atoms with van der Waals surface area (Å²) in [6.07, 6.45) is 0. The van der Waals surface area contributed by atoms with Crippen molar-refractivity contribution in [2.45, 2.75) is 13.5 Å². The second-order valence-corrected chi connectivity index (χ2v) is 4.85. The first-order chi connectivity index (χ1) is 4.24. The number of aliphatic hydroxyl groups excluding tert-OH is 1. The highest BCUT2D eigenvalue weighted by Gasteiger charge is 1.99. The Kier molecular flexibility index (Phi) is 2.49. The van der Waals surface area contributed by atoms with Gasteiger partial charge in [0.2, 0.25) is 0 Å². The average Bonchev–Trinajstić information content (AvgIpc) is 2.10. The summed E-state index contributed by atoms with van der Waals surface area (Å²) >= 11 is 3.91. The van der Waals surface area contributed by atoms with Gasteiger partial charge < -0.3 is 5.11 Å². The smallest absolute Gasteiger partial charge is 0.0777 e. The maximum atomic E-state index is 8.74. The van der Waals surface area contributed by atoms with Gasteiger partial charge in [-0.3, -0.25) is 0 Å². The minimum Gasteiger partial charge on any atom is -0.391 e. The summed E-state index contributed by atoms with van der Waals surface area (Å²) in [5.74, 6) is 0. The zero-order chi connectivity index (χ0) is 6.85. The average molecular weight is 254 g/mol. The van der Waals surface area contributed by atoms with E-state index < -0.39 is 0 Å². The second kappa shape index (κ2) is 2.98. The minimum absolute atomic E-state index is 0.180. The Morgan fingerprint density at radius 2 is 2.44 bits per heavy atom. The van der Waals surface area contributed by atoms with Crippen molar-refractivity contribution in [3.8, 4) is 0 Å². The number of aliphatic hydroxyl groups is 1. The lowest BCUT2D eigenvalue weighted by molar-refractivity contribution is 0.285. The van der Waals surface area contributed by atoms with Crippen molar-refractivity contribution in [1.82, 2.24) is 0 Å². The largest absolute Gasteiger partial charge is 0.391 e.